The molecule has 4 nitrogen and oxygen atoms in total. The van der Waals surface area contributed by atoms with E-state index in [2.05, 4.69) is 53.4 Å². The number of amides is 1. The van der Waals surface area contributed by atoms with Crippen LogP contribution in [0, 0.1) is 0 Å². The minimum Gasteiger partial charge on any atom is -0.354 e. The highest BCUT2D eigenvalue weighted by atomic mass is 16.1. The summed E-state index contributed by atoms with van der Waals surface area (Å²) in [6.45, 7) is 6.07. The molecule has 1 heterocycles. The highest BCUT2D eigenvalue weighted by Crippen LogP contribution is 2.26. The van der Waals surface area contributed by atoms with Crippen molar-refractivity contribution in [2.24, 2.45) is 4.99 Å². The van der Waals surface area contributed by atoms with Crippen molar-refractivity contribution in [3.8, 4) is 0 Å². The van der Waals surface area contributed by atoms with Gasteiger partial charge in [-0.15, -0.1) is 0 Å². The molecule has 0 fully saturated rings. The summed E-state index contributed by atoms with van der Waals surface area (Å²) in [7, 11) is 0. The minimum absolute atomic E-state index is 0.217. The van der Waals surface area contributed by atoms with Gasteiger partial charge in [-0.1, -0.05) is 56.3 Å². The van der Waals surface area contributed by atoms with E-state index in [4.69, 9.17) is 0 Å². The quantitative estimate of drug-likeness (QED) is 0.444. The van der Waals surface area contributed by atoms with E-state index >= 15 is 0 Å². The van der Waals surface area contributed by atoms with Gasteiger partial charge in [-0.3, -0.25) is 4.79 Å². The van der Waals surface area contributed by atoms with Gasteiger partial charge in [0.05, 0.1) is 10.9 Å². The zero-order valence-electron chi connectivity index (χ0n) is 17.5. The van der Waals surface area contributed by atoms with E-state index in [0.717, 1.165) is 47.9 Å². The van der Waals surface area contributed by atoms with Gasteiger partial charge in [0.2, 0.25) is 0 Å². The first-order valence-electron chi connectivity index (χ1n) is 10.6. The maximum atomic E-state index is 12.7. The molecule has 0 atom stereocenters. The average molecular weight is 398 g/mol. The maximum absolute atomic E-state index is 12.7. The summed E-state index contributed by atoms with van der Waals surface area (Å²) in [6, 6.07) is 22.0. The predicted molar refractivity (Wildman–Crippen MR) is 124 cm³/mol. The number of hydrogen-bond acceptors (Lipinski definition) is 2. The molecule has 0 unspecified atom stereocenters. The van der Waals surface area contributed by atoms with Crippen LogP contribution in [0.5, 0.6) is 0 Å². The lowest BCUT2D eigenvalue weighted by Gasteiger charge is -2.04. The van der Waals surface area contributed by atoms with E-state index < -0.39 is 0 Å². The first-order valence-corrected chi connectivity index (χ1v) is 10.6. The van der Waals surface area contributed by atoms with Gasteiger partial charge in [0.1, 0.15) is 0 Å². The average Bonchev–Trinajstić information content (AvgIpc) is 2.99. The number of H-pyrrole nitrogens is 1. The van der Waals surface area contributed by atoms with Crippen molar-refractivity contribution in [2.45, 2.75) is 33.2 Å². The molecule has 4 heteroatoms. The molecule has 0 aliphatic heterocycles. The molecule has 0 saturated heterocycles. The summed E-state index contributed by atoms with van der Waals surface area (Å²) in [5, 5.41) is 6.44. The van der Waals surface area contributed by atoms with Crippen molar-refractivity contribution in [3.63, 3.8) is 0 Å². The molecule has 4 aromatic rings. The van der Waals surface area contributed by atoms with Gasteiger partial charge in [0.15, 0.2) is 0 Å². The molecule has 0 saturated carbocycles. The third-order valence-corrected chi connectivity index (χ3v) is 5.37. The zero-order valence-corrected chi connectivity index (χ0v) is 17.5. The van der Waals surface area contributed by atoms with Crippen LogP contribution < -0.4 is 10.7 Å². The molecule has 0 spiro atoms. The normalized spacial score (nSPS) is 12.0. The van der Waals surface area contributed by atoms with Gasteiger partial charge in [-0.05, 0) is 54.8 Å². The van der Waals surface area contributed by atoms with Crippen LogP contribution in [-0.2, 0) is 13.0 Å². The SMILES string of the molecule is CCCNCc1cccc2c1[nH]c1cc(=NC(=O)c3cccc(CC)c3)cccc12. The van der Waals surface area contributed by atoms with Crippen LogP contribution in [0.1, 0.15) is 41.8 Å². The summed E-state index contributed by atoms with van der Waals surface area (Å²) in [6.07, 6.45) is 2.01. The van der Waals surface area contributed by atoms with Gasteiger partial charge < -0.3 is 10.3 Å². The molecular formula is C26H27N3O. The Morgan fingerprint density at radius 2 is 1.77 bits per heavy atom. The number of aryl methyl sites for hydroxylation is 1. The molecule has 1 amide bonds. The van der Waals surface area contributed by atoms with E-state index in [1.165, 1.54) is 10.9 Å². The number of para-hydroxylation sites is 1. The van der Waals surface area contributed by atoms with Gasteiger partial charge in [-0.2, -0.15) is 0 Å². The van der Waals surface area contributed by atoms with E-state index in [1.54, 1.807) is 0 Å². The molecule has 0 bridgehead atoms. The number of hydrogen-bond donors (Lipinski definition) is 2. The van der Waals surface area contributed by atoms with Crippen LogP contribution in [0.25, 0.3) is 21.8 Å². The zero-order chi connectivity index (χ0) is 20.9. The van der Waals surface area contributed by atoms with Crippen LogP contribution in [0.3, 0.4) is 0 Å². The third kappa shape index (κ3) is 4.19. The van der Waals surface area contributed by atoms with Crippen LogP contribution in [-0.4, -0.2) is 17.4 Å². The summed E-state index contributed by atoms with van der Waals surface area (Å²) in [5.74, 6) is -0.217. The van der Waals surface area contributed by atoms with Crippen molar-refractivity contribution in [2.75, 3.05) is 6.54 Å². The Morgan fingerprint density at radius 1 is 0.967 bits per heavy atom. The first kappa shape index (κ1) is 20.0. The third-order valence-electron chi connectivity index (χ3n) is 5.37. The highest BCUT2D eigenvalue weighted by molar-refractivity contribution is 6.08. The van der Waals surface area contributed by atoms with Gasteiger partial charge >= 0.3 is 0 Å². The maximum Gasteiger partial charge on any atom is 0.277 e. The first-order chi connectivity index (χ1) is 14.7. The van der Waals surface area contributed by atoms with Gasteiger partial charge in [0, 0.05) is 28.4 Å². The number of carbonyl (C=O) groups excluding carboxylic acids is 1. The summed E-state index contributed by atoms with van der Waals surface area (Å²) < 4.78 is 0. The van der Waals surface area contributed by atoms with Crippen molar-refractivity contribution >= 4 is 27.7 Å². The van der Waals surface area contributed by atoms with Crippen molar-refractivity contribution in [1.29, 1.82) is 0 Å². The van der Waals surface area contributed by atoms with Crippen molar-refractivity contribution < 1.29 is 4.79 Å². The monoisotopic (exact) mass is 397 g/mol. The summed E-state index contributed by atoms with van der Waals surface area (Å²) in [5.41, 5.74) is 5.11. The molecule has 30 heavy (non-hydrogen) atoms. The Hall–Kier alpha value is -3.24. The second kappa shape index (κ2) is 9.06. The number of fused-ring (bicyclic) bond motifs is 3. The van der Waals surface area contributed by atoms with Crippen LogP contribution >= 0.6 is 0 Å². The van der Waals surface area contributed by atoms with Crippen molar-refractivity contribution in [3.05, 3.63) is 88.8 Å². The Bertz CT molecular complexity index is 1270. The fourth-order valence-electron chi connectivity index (χ4n) is 3.77. The molecule has 0 aliphatic rings. The Balaban J connectivity index is 1.77. The van der Waals surface area contributed by atoms with E-state index in [1.807, 2.05) is 42.5 Å². The van der Waals surface area contributed by atoms with E-state index in [-0.39, 0.29) is 5.91 Å². The molecular weight excluding hydrogens is 370 g/mol. The highest BCUT2D eigenvalue weighted by Gasteiger charge is 2.08. The lowest BCUT2D eigenvalue weighted by molar-refractivity contribution is 0.0998. The molecule has 1 aromatic heterocycles. The van der Waals surface area contributed by atoms with Gasteiger partial charge in [-0.25, -0.2) is 4.99 Å². The number of nitrogens with zero attached hydrogens (tertiary/aromatic N) is 1. The van der Waals surface area contributed by atoms with Crippen LogP contribution in [0.15, 0.2) is 71.7 Å². The Morgan fingerprint density at radius 3 is 2.60 bits per heavy atom. The number of aromatic amines is 1. The van der Waals surface area contributed by atoms with E-state index in [9.17, 15) is 4.79 Å². The van der Waals surface area contributed by atoms with Crippen LogP contribution in [0.4, 0.5) is 0 Å². The van der Waals surface area contributed by atoms with E-state index in [0.29, 0.717) is 10.9 Å². The number of benzene rings is 2. The fraction of sp³-hybridized carbons (Fsp3) is 0.231. The second-order valence-electron chi connectivity index (χ2n) is 7.53. The molecule has 152 valence electrons. The molecule has 0 radical (unpaired) electrons. The topological polar surface area (TPSA) is 57.2 Å². The molecule has 3 aromatic carbocycles. The lowest BCUT2D eigenvalue weighted by Crippen LogP contribution is -2.13. The van der Waals surface area contributed by atoms with Gasteiger partial charge in [0.25, 0.3) is 5.91 Å². The summed E-state index contributed by atoms with van der Waals surface area (Å²) >= 11 is 0. The number of rotatable bonds is 6. The Kier molecular flexibility index (Phi) is 6.05. The molecule has 4 rings (SSSR count). The second-order valence-corrected chi connectivity index (χ2v) is 7.53. The summed E-state index contributed by atoms with van der Waals surface area (Å²) in [4.78, 5) is 20.6. The lowest BCUT2D eigenvalue weighted by atomic mass is 10.1. The largest absolute Gasteiger partial charge is 0.354 e. The fourth-order valence-corrected chi connectivity index (χ4v) is 3.77. The number of nitrogens with one attached hydrogen (secondary N) is 2. The predicted octanol–water partition coefficient (Wildman–Crippen LogP) is 5.12. The minimum atomic E-state index is -0.217. The number of aromatic nitrogens is 1. The smallest absolute Gasteiger partial charge is 0.277 e. The molecule has 2 N–H and O–H groups in total. The number of carbonyl (C=O) groups is 1. The molecule has 0 aliphatic carbocycles. The van der Waals surface area contributed by atoms with Crippen LogP contribution in [0.2, 0.25) is 0 Å². The standard InChI is InChI=1S/C26H27N3O/c1-3-14-27-17-20-10-6-13-23-22-12-7-11-21(16-24(22)29-25(20)23)28-26(30)19-9-5-8-18(4-2)15-19/h5-13,15-16,27,29H,3-4,14,17H2,1-2H3. The van der Waals surface area contributed by atoms with Crippen molar-refractivity contribution in [1.82, 2.24) is 10.3 Å². The Labute approximate surface area is 176 Å².